The zero-order valence-corrected chi connectivity index (χ0v) is 13.5. The minimum atomic E-state index is -3.65. The normalized spacial score (nSPS) is 11.4. The largest absolute Gasteiger partial charge is 0.397 e. The van der Waals surface area contributed by atoms with E-state index in [2.05, 4.69) is 4.72 Å². The van der Waals surface area contributed by atoms with E-state index in [-0.39, 0.29) is 4.90 Å². The van der Waals surface area contributed by atoms with Gasteiger partial charge in [-0.3, -0.25) is 4.72 Å². The van der Waals surface area contributed by atoms with E-state index in [0.717, 1.165) is 16.7 Å². The summed E-state index contributed by atoms with van der Waals surface area (Å²) in [5.41, 5.74) is 10.4. The van der Waals surface area contributed by atoms with Gasteiger partial charge < -0.3 is 5.73 Å². The molecule has 2 aromatic carbocycles. The Kier molecular flexibility index (Phi) is 3.96. The number of rotatable bonds is 3. The van der Waals surface area contributed by atoms with Crippen LogP contribution in [0.25, 0.3) is 0 Å². The summed E-state index contributed by atoms with van der Waals surface area (Å²) < 4.78 is 27.8. The molecule has 21 heavy (non-hydrogen) atoms. The predicted octanol–water partition coefficient (Wildman–Crippen LogP) is 3.30. The fraction of sp³-hybridized carbons (Fsp3) is 0.250. The van der Waals surface area contributed by atoms with Crippen molar-refractivity contribution < 1.29 is 8.42 Å². The molecule has 0 aliphatic rings. The Labute approximate surface area is 126 Å². The molecule has 0 fully saturated rings. The van der Waals surface area contributed by atoms with Crippen molar-refractivity contribution in [3.63, 3.8) is 0 Å². The highest BCUT2D eigenvalue weighted by Crippen LogP contribution is 2.29. The van der Waals surface area contributed by atoms with Gasteiger partial charge in [0, 0.05) is 0 Å². The molecule has 0 radical (unpaired) electrons. The Bertz CT molecular complexity index is 796. The first-order chi connectivity index (χ1) is 9.72. The molecule has 0 saturated carbocycles. The number of anilines is 2. The quantitative estimate of drug-likeness (QED) is 0.855. The monoisotopic (exact) mass is 304 g/mol. The van der Waals surface area contributed by atoms with Crippen molar-refractivity contribution in [1.29, 1.82) is 0 Å². The molecule has 0 bridgehead atoms. The Morgan fingerprint density at radius 2 is 1.62 bits per heavy atom. The molecule has 0 aliphatic heterocycles. The first-order valence-corrected chi connectivity index (χ1v) is 8.16. The molecule has 4 nitrogen and oxygen atoms in total. The maximum Gasteiger partial charge on any atom is 0.262 e. The van der Waals surface area contributed by atoms with Crippen molar-refractivity contribution in [3.05, 3.63) is 52.6 Å². The van der Waals surface area contributed by atoms with Crippen LogP contribution in [0.2, 0.25) is 0 Å². The second-order valence-electron chi connectivity index (χ2n) is 5.35. The molecule has 0 aliphatic carbocycles. The second kappa shape index (κ2) is 5.41. The van der Waals surface area contributed by atoms with E-state index in [4.69, 9.17) is 5.73 Å². The van der Waals surface area contributed by atoms with Crippen molar-refractivity contribution in [2.45, 2.75) is 32.6 Å². The molecule has 0 amide bonds. The van der Waals surface area contributed by atoms with Crippen LogP contribution >= 0.6 is 0 Å². The number of hydrogen-bond acceptors (Lipinski definition) is 3. The van der Waals surface area contributed by atoms with Gasteiger partial charge in [-0.15, -0.1) is 0 Å². The number of nitrogens with one attached hydrogen (secondary N) is 1. The highest BCUT2D eigenvalue weighted by molar-refractivity contribution is 7.92. The molecule has 0 heterocycles. The van der Waals surface area contributed by atoms with Gasteiger partial charge in [-0.2, -0.15) is 0 Å². The van der Waals surface area contributed by atoms with Crippen molar-refractivity contribution >= 4 is 21.4 Å². The van der Waals surface area contributed by atoms with Crippen LogP contribution in [0.3, 0.4) is 0 Å². The molecule has 0 saturated heterocycles. The third-order valence-corrected chi connectivity index (χ3v) is 5.13. The number of hydrogen-bond donors (Lipinski definition) is 2. The van der Waals surface area contributed by atoms with Crippen LogP contribution < -0.4 is 10.5 Å². The van der Waals surface area contributed by atoms with Gasteiger partial charge in [0.25, 0.3) is 10.0 Å². The fourth-order valence-electron chi connectivity index (χ4n) is 2.26. The highest BCUT2D eigenvalue weighted by Gasteiger charge is 2.19. The summed E-state index contributed by atoms with van der Waals surface area (Å²) in [5.74, 6) is 0. The zero-order valence-electron chi connectivity index (χ0n) is 12.7. The summed E-state index contributed by atoms with van der Waals surface area (Å²) in [7, 11) is -3.65. The molecule has 5 heteroatoms. The Morgan fingerprint density at radius 3 is 2.24 bits per heavy atom. The van der Waals surface area contributed by atoms with Gasteiger partial charge in [0.2, 0.25) is 0 Å². The number of benzene rings is 2. The smallest absolute Gasteiger partial charge is 0.262 e. The first-order valence-electron chi connectivity index (χ1n) is 6.68. The van der Waals surface area contributed by atoms with Crippen LogP contribution in [0, 0.1) is 27.7 Å². The zero-order chi connectivity index (χ0) is 15.8. The van der Waals surface area contributed by atoms with Crippen LogP contribution in [-0.2, 0) is 10.0 Å². The summed E-state index contributed by atoms with van der Waals surface area (Å²) in [6, 6.07) is 8.84. The summed E-state index contributed by atoms with van der Waals surface area (Å²) in [5, 5.41) is 0. The molecule has 112 valence electrons. The fourth-order valence-corrected chi connectivity index (χ4v) is 3.64. The minimum absolute atomic E-state index is 0.272. The second-order valence-corrected chi connectivity index (χ2v) is 7.00. The maximum absolute atomic E-state index is 12.6. The Hall–Kier alpha value is -2.01. The third-order valence-electron chi connectivity index (χ3n) is 3.62. The van der Waals surface area contributed by atoms with Crippen molar-refractivity contribution in [2.75, 3.05) is 10.5 Å². The standard InChI is InChI=1S/C16H20N2O2S/c1-10-5-8-15(12(3)9-10)21(19,20)18-16-13(4)11(2)6-7-14(16)17/h5-9,18H,17H2,1-4H3. The lowest BCUT2D eigenvalue weighted by atomic mass is 10.1. The van der Waals surface area contributed by atoms with Gasteiger partial charge in [0.1, 0.15) is 0 Å². The molecule has 0 atom stereocenters. The molecule has 0 aromatic heterocycles. The summed E-state index contributed by atoms with van der Waals surface area (Å²) in [6.07, 6.45) is 0. The van der Waals surface area contributed by atoms with Crippen molar-refractivity contribution in [2.24, 2.45) is 0 Å². The van der Waals surface area contributed by atoms with Crippen LogP contribution in [0.15, 0.2) is 35.2 Å². The lowest BCUT2D eigenvalue weighted by Gasteiger charge is -2.16. The van der Waals surface area contributed by atoms with Gasteiger partial charge in [-0.25, -0.2) is 8.42 Å². The number of sulfonamides is 1. The number of aryl methyl sites for hydroxylation is 3. The van der Waals surface area contributed by atoms with Gasteiger partial charge in [0.15, 0.2) is 0 Å². The van der Waals surface area contributed by atoms with Crippen LogP contribution in [0.4, 0.5) is 11.4 Å². The van der Waals surface area contributed by atoms with E-state index in [9.17, 15) is 8.42 Å². The third kappa shape index (κ3) is 3.03. The predicted molar refractivity (Wildman–Crippen MR) is 87.1 cm³/mol. The summed E-state index contributed by atoms with van der Waals surface area (Å²) in [4.78, 5) is 0.272. The highest BCUT2D eigenvalue weighted by atomic mass is 32.2. The van der Waals surface area contributed by atoms with Crippen molar-refractivity contribution in [3.8, 4) is 0 Å². The van der Waals surface area contributed by atoms with E-state index in [0.29, 0.717) is 16.9 Å². The summed E-state index contributed by atoms with van der Waals surface area (Å²) >= 11 is 0. The van der Waals surface area contributed by atoms with Crippen LogP contribution in [0.1, 0.15) is 22.3 Å². The first kappa shape index (κ1) is 15.4. The minimum Gasteiger partial charge on any atom is -0.397 e. The number of nitrogens with two attached hydrogens (primary N) is 1. The van der Waals surface area contributed by atoms with E-state index in [1.807, 2.05) is 32.9 Å². The van der Waals surface area contributed by atoms with E-state index in [1.54, 1.807) is 25.1 Å². The maximum atomic E-state index is 12.6. The van der Waals surface area contributed by atoms with Gasteiger partial charge in [-0.1, -0.05) is 23.8 Å². The van der Waals surface area contributed by atoms with Crippen molar-refractivity contribution in [1.82, 2.24) is 0 Å². The molecule has 2 rings (SSSR count). The molecule has 0 unspecified atom stereocenters. The van der Waals surface area contributed by atoms with E-state index >= 15 is 0 Å². The van der Waals surface area contributed by atoms with Gasteiger partial charge in [-0.05, 0) is 56.5 Å². The SMILES string of the molecule is Cc1ccc(S(=O)(=O)Nc2c(N)ccc(C)c2C)c(C)c1. The van der Waals surface area contributed by atoms with Gasteiger partial charge in [0.05, 0.1) is 16.3 Å². The Morgan fingerprint density at radius 1 is 0.952 bits per heavy atom. The summed E-state index contributed by atoms with van der Waals surface area (Å²) in [6.45, 7) is 7.49. The molecular weight excluding hydrogens is 284 g/mol. The average Bonchev–Trinajstić information content (AvgIpc) is 2.39. The lowest BCUT2D eigenvalue weighted by molar-refractivity contribution is 0.600. The van der Waals surface area contributed by atoms with Crippen LogP contribution in [-0.4, -0.2) is 8.42 Å². The van der Waals surface area contributed by atoms with E-state index in [1.165, 1.54) is 0 Å². The number of nitrogen functional groups attached to an aromatic ring is 1. The topological polar surface area (TPSA) is 72.2 Å². The van der Waals surface area contributed by atoms with E-state index < -0.39 is 10.0 Å². The van der Waals surface area contributed by atoms with Gasteiger partial charge >= 0.3 is 0 Å². The molecule has 3 N–H and O–H groups in total. The molecular formula is C16H20N2O2S. The Balaban J connectivity index is 2.50. The van der Waals surface area contributed by atoms with Crippen LogP contribution in [0.5, 0.6) is 0 Å². The average molecular weight is 304 g/mol. The molecule has 0 spiro atoms. The lowest BCUT2D eigenvalue weighted by Crippen LogP contribution is -2.16. The molecule has 2 aromatic rings.